The first-order chi connectivity index (χ1) is 13.2. The molecule has 1 amide bonds. The Hall–Kier alpha value is -2.62. The second kappa shape index (κ2) is 7.95. The van der Waals surface area contributed by atoms with Crippen LogP contribution >= 0.6 is 0 Å². The lowest BCUT2D eigenvalue weighted by atomic mass is 9.91. The lowest BCUT2D eigenvalue weighted by Gasteiger charge is -2.16. The average molecular weight is 361 g/mol. The van der Waals surface area contributed by atoms with Crippen LogP contribution in [0.15, 0.2) is 54.6 Å². The highest BCUT2D eigenvalue weighted by molar-refractivity contribution is 5.77. The zero-order valence-corrected chi connectivity index (χ0v) is 15.9. The first-order valence-electron chi connectivity index (χ1n) is 9.96. The average Bonchev–Trinajstić information content (AvgIpc) is 3.48. The molecule has 140 valence electrons. The van der Waals surface area contributed by atoms with Crippen molar-refractivity contribution in [3.63, 3.8) is 0 Å². The lowest BCUT2D eigenvalue weighted by Crippen LogP contribution is -2.27. The second-order valence-corrected chi connectivity index (χ2v) is 7.56. The number of hydrogen-bond donors (Lipinski definition) is 1. The smallest absolute Gasteiger partial charge is 0.220 e. The molecule has 0 bridgehead atoms. The van der Waals surface area contributed by atoms with Crippen LogP contribution in [0.25, 0.3) is 11.0 Å². The van der Waals surface area contributed by atoms with E-state index in [0.717, 1.165) is 24.3 Å². The maximum absolute atomic E-state index is 12.5. The van der Waals surface area contributed by atoms with Gasteiger partial charge in [-0.3, -0.25) is 4.79 Å². The van der Waals surface area contributed by atoms with Crippen molar-refractivity contribution in [2.24, 2.45) is 5.92 Å². The molecule has 4 nitrogen and oxygen atoms in total. The summed E-state index contributed by atoms with van der Waals surface area (Å²) in [5, 5.41) is 3.12. The minimum atomic E-state index is 0.169. The van der Waals surface area contributed by atoms with Gasteiger partial charge in [-0.2, -0.15) is 0 Å². The molecule has 3 aromatic rings. The van der Waals surface area contributed by atoms with Gasteiger partial charge < -0.3 is 9.88 Å². The Morgan fingerprint density at radius 1 is 1.15 bits per heavy atom. The Kier molecular flexibility index (Phi) is 5.23. The SMILES string of the molecule is Cc1nc2ccccc2n1CCCNC(=O)CC(c1ccccc1)C1CC1. The molecule has 0 aliphatic heterocycles. The number of nitrogens with one attached hydrogen (secondary N) is 1. The predicted octanol–water partition coefficient (Wildman–Crippen LogP) is 4.43. The van der Waals surface area contributed by atoms with Crippen LogP contribution in [0.1, 0.15) is 43.0 Å². The van der Waals surface area contributed by atoms with E-state index in [1.54, 1.807) is 0 Å². The van der Waals surface area contributed by atoms with Crippen molar-refractivity contribution in [1.29, 1.82) is 0 Å². The van der Waals surface area contributed by atoms with Crippen LogP contribution in [0.2, 0.25) is 0 Å². The quantitative estimate of drug-likeness (QED) is 0.603. The van der Waals surface area contributed by atoms with Gasteiger partial charge in [0, 0.05) is 19.5 Å². The monoisotopic (exact) mass is 361 g/mol. The number of aromatic nitrogens is 2. The number of amides is 1. The molecule has 1 atom stereocenters. The number of benzene rings is 2. The topological polar surface area (TPSA) is 46.9 Å². The van der Waals surface area contributed by atoms with Crippen molar-refractivity contribution < 1.29 is 4.79 Å². The van der Waals surface area contributed by atoms with Crippen molar-refractivity contribution in [2.45, 2.75) is 45.1 Å². The fourth-order valence-electron chi connectivity index (χ4n) is 3.97. The molecule has 1 aliphatic carbocycles. The van der Waals surface area contributed by atoms with Gasteiger partial charge in [0.1, 0.15) is 5.82 Å². The summed E-state index contributed by atoms with van der Waals surface area (Å²) < 4.78 is 2.23. The van der Waals surface area contributed by atoms with Crippen molar-refractivity contribution in [3.8, 4) is 0 Å². The Morgan fingerprint density at radius 2 is 1.89 bits per heavy atom. The Labute approximate surface area is 160 Å². The molecule has 1 unspecified atom stereocenters. The summed E-state index contributed by atoms with van der Waals surface area (Å²) in [7, 11) is 0. The molecule has 27 heavy (non-hydrogen) atoms. The number of carbonyl (C=O) groups excluding carboxylic acids is 1. The molecule has 0 radical (unpaired) electrons. The fraction of sp³-hybridized carbons (Fsp3) is 0.391. The summed E-state index contributed by atoms with van der Waals surface area (Å²) in [6.07, 6.45) is 4.01. The van der Waals surface area contributed by atoms with Crippen molar-refractivity contribution >= 4 is 16.9 Å². The number of hydrogen-bond acceptors (Lipinski definition) is 2. The van der Waals surface area contributed by atoms with E-state index in [1.165, 1.54) is 23.9 Å². The summed E-state index contributed by atoms with van der Waals surface area (Å²) >= 11 is 0. The molecule has 1 heterocycles. The molecule has 1 fully saturated rings. The summed E-state index contributed by atoms with van der Waals surface area (Å²) in [6, 6.07) is 18.7. The van der Waals surface area contributed by atoms with Gasteiger partial charge in [0.25, 0.3) is 0 Å². The molecule has 1 aliphatic rings. The number of aryl methyl sites for hydroxylation is 2. The van der Waals surface area contributed by atoms with E-state index in [9.17, 15) is 4.79 Å². The van der Waals surface area contributed by atoms with Gasteiger partial charge in [-0.25, -0.2) is 4.98 Å². The highest BCUT2D eigenvalue weighted by Crippen LogP contribution is 2.44. The summed E-state index contributed by atoms with van der Waals surface area (Å²) in [5.41, 5.74) is 3.50. The molecule has 1 N–H and O–H groups in total. The number of nitrogens with zero attached hydrogens (tertiary/aromatic N) is 2. The van der Waals surface area contributed by atoms with Gasteiger partial charge >= 0.3 is 0 Å². The summed E-state index contributed by atoms with van der Waals surface area (Å²) in [6.45, 7) is 3.62. The van der Waals surface area contributed by atoms with Gasteiger partial charge in [0.05, 0.1) is 11.0 Å². The Balaban J connectivity index is 1.29. The minimum Gasteiger partial charge on any atom is -0.356 e. The van der Waals surface area contributed by atoms with E-state index in [0.29, 0.717) is 24.8 Å². The predicted molar refractivity (Wildman–Crippen MR) is 109 cm³/mol. The van der Waals surface area contributed by atoms with Crippen LogP contribution in [-0.4, -0.2) is 22.0 Å². The first-order valence-corrected chi connectivity index (χ1v) is 9.96. The largest absolute Gasteiger partial charge is 0.356 e. The molecule has 0 saturated heterocycles. The van der Waals surface area contributed by atoms with Crippen LogP contribution in [0, 0.1) is 12.8 Å². The number of fused-ring (bicyclic) bond motifs is 1. The third kappa shape index (κ3) is 4.21. The zero-order valence-electron chi connectivity index (χ0n) is 15.9. The van der Waals surface area contributed by atoms with Gasteiger partial charge in [-0.1, -0.05) is 42.5 Å². The van der Waals surface area contributed by atoms with Crippen LogP contribution in [0.5, 0.6) is 0 Å². The Morgan fingerprint density at radius 3 is 2.67 bits per heavy atom. The van der Waals surface area contributed by atoms with E-state index in [2.05, 4.69) is 45.2 Å². The summed E-state index contributed by atoms with van der Waals surface area (Å²) in [4.78, 5) is 17.1. The zero-order chi connectivity index (χ0) is 18.6. The van der Waals surface area contributed by atoms with Gasteiger partial charge in [-0.15, -0.1) is 0 Å². The molecule has 1 saturated carbocycles. The molecule has 4 rings (SSSR count). The first kappa shape index (κ1) is 17.8. The highest BCUT2D eigenvalue weighted by Gasteiger charge is 2.33. The van der Waals surface area contributed by atoms with Crippen molar-refractivity contribution in [3.05, 3.63) is 66.0 Å². The van der Waals surface area contributed by atoms with Crippen molar-refractivity contribution in [2.75, 3.05) is 6.54 Å². The lowest BCUT2D eigenvalue weighted by molar-refractivity contribution is -0.121. The van der Waals surface area contributed by atoms with E-state index in [-0.39, 0.29) is 5.91 Å². The molecule has 2 aromatic carbocycles. The normalized spacial score (nSPS) is 15.0. The van der Waals surface area contributed by atoms with Gasteiger partial charge in [0.15, 0.2) is 0 Å². The third-order valence-electron chi connectivity index (χ3n) is 5.55. The number of carbonyl (C=O) groups is 1. The number of imidazole rings is 1. The summed E-state index contributed by atoms with van der Waals surface area (Å²) in [5.74, 6) is 2.24. The Bertz CT molecular complexity index is 912. The van der Waals surface area contributed by atoms with E-state index in [1.807, 2.05) is 31.2 Å². The second-order valence-electron chi connectivity index (χ2n) is 7.56. The van der Waals surface area contributed by atoms with E-state index >= 15 is 0 Å². The fourth-order valence-corrected chi connectivity index (χ4v) is 3.97. The molecule has 1 aromatic heterocycles. The molecule has 4 heteroatoms. The standard InChI is InChI=1S/C23H27N3O/c1-17-25-21-10-5-6-11-22(21)26(17)15-7-14-24-23(27)16-20(19-12-13-19)18-8-3-2-4-9-18/h2-6,8-11,19-20H,7,12-16H2,1H3,(H,24,27). The van der Waals surface area contributed by atoms with E-state index < -0.39 is 0 Å². The maximum atomic E-state index is 12.5. The minimum absolute atomic E-state index is 0.169. The molecular weight excluding hydrogens is 334 g/mol. The maximum Gasteiger partial charge on any atom is 0.220 e. The van der Waals surface area contributed by atoms with Crippen molar-refractivity contribution in [1.82, 2.24) is 14.9 Å². The van der Waals surface area contributed by atoms with Crippen LogP contribution in [0.3, 0.4) is 0 Å². The molecular formula is C23H27N3O. The third-order valence-corrected chi connectivity index (χ3v) is 5.55. The molecule has 0 spiro atoms. The van der Waals surface area contributed by atoms with Crippen LogP contribution in [-0.2, 0) is 11.3 Å². The van der Waals surface area contributed by atoms with Gasteiger partial charge in [0.2, 0.25) is 5.91 Å². The number of para-hydroxylation sites is 2. The van der Waals surface area contributed by atoms with Gasteiger partial charge in [-0.05, 0) is 55.7 Å². The number of rotatable bonds is 8. The van der Waals surface area contributed by atoms with E-state index in [4.69, 9.17) is 0 Å². The van der Waals surface area contributed by atoms with Crippen LogP contribution in [0.4, 0.5) is 0 Å². The highest BCUT2D eigenvalue weighted by atomic mass is 16.1. The van der Waals surface area contributed by atoms with Crippen LogP contribution < -0.4 is 5.32 Å².